The maximum atomic E-state index is 4.76. The van der Waals surface area contributed by atoms with E-state index in [0.29, 0.717) is 11.2 Å². The van der Waals surface area contributed by atoms with E-state index in [1.54, 1.807) is 0 Å². The minimum absolute atomic E-state index is 0.616. The van der Waals surface area contributed by atoms with Crippen LogP contribution >= 0.6 is 11.8 Å². The number of rotatable bonds is 3. The van der Waals surface area contributed by atoms with E-state index in [2.05, 4.69) is 51.1 Å². The molecular weight excluding hydrogens is 252 g/mol. The molecule has 102 valence electrons. The number of allylic oxidation sites excluding steroid dienone is 1. The topological polar surface area (TPSA) is 15.6 Å². The van der Waals surface area contributed by atoms with Crippen LogP contribution in [0.5, 0.6) is 0 Å². The quantitative estimate of drug-likeness (QED) is 0.815. The Bertz CT molecular complexity index is 475. The van der Waals surface area contributed by atoms with Gasteiger partial charge in [-0.15, -0.1) is 11.8 Å². The van der Waals surface area contributed by atoms with E-state index in [-0.39, 0.29) is 0 Å². The number of thioether (sulfide) groups is 1. The fourth-order valence-electron chi connectivity index (χ4n) is 2.01. The second-order valence-corrected chi connectivity index (χ2v) is 6.68. The summed E-state index contributed by atoms with van der Waals surface area (Å²) in [5.41, 5.74) is 2.40. The van der Waals surface area contributed by atoms with E-state index in [1.165, 1.54) is 5.70 Å². The van der Waals surface area contributed by atoms with Gasteiger partial charge in [-0.3, -0.25) is 0 Å². The highest BCUT2D eigenvalue weighted by Crippen LogP contribution is 2.34. The normalized spacial score (nSPS) is 21.6. The molecule has 0 saturated carbocycles. The van der Waals surface area contributed by atoms with E-state index in [0.717, 1.165) is 17.2 Å². The Hall–Kier alpha value is -1.22. The first kappa shape index (κ1) is 14.2. The van der Waals surface area contributed by atoms with Crippen LogP contribution in [0.15, 0.2) is 47.1 Å². The number of aliphatic imine (C=N–C) groups is 1. The van der Waals surface area contributed by atoms with Gasteiger partial charge in [0, 0.05) is 25.0 Å². The first-order valence-corrected chi connectivity index (χ1v) is 7.62. The lowest BCUT2D eigenvalue weighted by atomic mass is 10.0. The summed E-state index contributed by atoms with van der Waals surface area (Å²) in [5.74, 6) is 0.662. The van der Waals surface area contributed by atoms with Gasteiger partial charge in [-0.2, -0.15) is 0 Å². The zero-order valence-corrected chi connectivity index (χ0v) is 12.9. The van der Waals surface area contributed by atoms with Gasteiger partial charge in [0.05, 0.1) is 10.7 Å². The molecule has 0 aromatic heterocycles. The van der Waals surface area contributed by atoms with Gasteiger partial charge in [0.1, 0.15) is 0 Å². The molecule has 1 aromatic carbocycles. The lowest BCUT2D eigenvalue weighted by molar-refractivity contribution is 0.463. The average molecular weight is 274 g/mol. The van der Waals surface area contributed by atoms with Crippen molar-refractivity contribution in [1.29, 1.82) is 0 Å². The van der Waals surface area contributed by atoms with E-state index in [9.17, 15) is 0 Å². The van der Waals surface area contributed by atoms with Crippen molar-refractivity contribution in [2.75, 3.05) is 14.1 Å². The van der Waals surface area contributed by atoms with Gasteiger partial charge in [0.25, 0.3) is 0 Å². The second-order valence-electron chi connectivity index (χ2n) is 5.42. The Morgan fingerprint density at radius 1 is 1.21 bits per heavy atom. The van der Waals surface area contributed by atoms with Crippen LogP contribution in [0.25, 0.3) is 0 Å². The van der Waals surface area contributed by atoms with E-state index < -0.39 is 0 Å². The third-order valence-electron chi connectivity index (χ3n) is 3.29. The molecule has 0 saturated heterocycles. The zero-order chi connectivity index (χ0) is 13.8. The number of benzene rings is 1. The summed E-state index contributed by atoms with van der Waals surface area (Å²) >= 11 is 1.90. The number of nitrogens with zero attached hydrogens (tertiary/aromatic N) is 2. The molecule has 3 heteroatoms. The molecule has 19 heavy (non-hydrogen) atoms. The number of hydrogen-bond acceptors (Lipinski definition) is 3. The third kappa shape index (κ3) is 3.87. The Balaban J connectivity index is 2.28. The number of para-hydroxylation sites is 1. The maximum absolute atomic E-state index is 4.76. The predicted octanol–water partition coefficient (Wildman–Crippen LogP) is 4.32. The molecule has 1 aromatic rings. The first-order valence-electron chi connectivity index (χ1n) is 6.74. The summed E-state index contributed by atoms with van der Waals surface area (Å²) in [6.45, 7) is 4.58. The summed E-state index contributed by atoms with van der Waals surface area (Å²) in [5, 5.41) is 1.74. The Morgan fingerprint density at radius 3 is 2.47 bits per heavy atom. The van der Waals surface area contributed by atoms with Crippen LogP contribution in [0.4, 0.5) is 5.69 Å². The van der Waals surface area contributed by atoms with Crippen LogP contribution in [0.1, 0.15) is 20.3 Å². The summed E-state index contributed by atoms with van der Waals surface area (Å²) in [4.78, 5) is 6.96. The fourth-order valence-corrected chi connectivity index (χ4v) is 3.21. The standard InChI is InChI=1S/C16H22N2S/c1-12(2)15-10-14(18(3)4)11-16(19-15)17-13-8-6-5-7-9-13/h5-9,11-12,15H,10H2,1-4H3/t15-/m1/s1. The molecule has 0 amide bonds. The molecule has 1 heterocycles. The van der Waals surface area contributed by atoms with Crippen LogP contribution in [-0.2, 0) is 0 Å². The van der Waals surface area contributed by atoms with Gasteiger partial charge in [-0.1, -0.05) is 32.0 Å². The highest BCUT2D eigenvalue weighted by atomic mass is 32.2. The van der Waals surface area contributed by atoms with Crippen LogP contribution in [0, 0.1) is 5.92 Å². The fraction of sp³-hybridized carbons (Fsp3) is 0.438. The highest BCUT2D eigenvalue weighted by Gasteiger charge is 2.23. The van der Waals surface area contributed by atoms with Gasteiger partial charge in [0.15, 0.2) is 0 Å². The Kier molecular flexibility index (Phi) is 4.70. The molecule has 0 radical (unpaired) electrons. The van der Waals surface area contributed by atoms with Gasteiger partial charge >= 0.3 is 0 Å². The van der Waals surface area contributed by atoms with Gasteiger partial charge < -0.3 is 4.90 Å². The summed E-state index contributed by atoms with van der Waals surface area (Å²) in [6, 6.07) is 10.2. The minimum Gasteiger partial charge on any atom is -0.381 e. The van der Waals surface area contributed by atoms with E-state index in [4.69, 9.17) is 4.99 Å². The summed E-state index contributed by atoms with van der Waals surface area (Å²) in [7, 11) is 4.22. The SMILES string of the molecule is CC(C)[C@H]1CC(N(C)C)=CC(=Nc2ccccc2)S1. The monoisotopic (exact) mass is 274 g/mol. The molecular formula is C16H22N2S. The van der Waals surface area contributed by atoms with Crippen LogP contribution < -0.4 is 0 Å². The van der Waals surface area contributed by atoms with Crippen molar-refractivity contribution >= 4 is 22.5 Å². The molecule has 1 aliphatic heterocycles. The molecule has 1 aliphatic rings. The number of hydrogen-bond donors (Lipinski definition) is 0. The van der Waals surface area contributed by atoms with Crippen LogP contribution in [0.2, 0.25) is 0 Å². The van der Waals surface area contributed by atoms with Crippen molar-refractivity contribution in [3.63, 3.8) is 0 Å². The predicted molar refractivity (Wildman–Crippen MR) is 86.1 cm³/mol. The Morgan fingerprint density at radius 2 is 1.89 bits per heavy atom. The lowest BCUT2D eigenvalue weighted by Gasteiger charge is -2.29. The molecule has 0 fully saturated rings. The first-order chi connectivity index (χ1) is 9.06. The van der Waals surface area contributed by atoms with Crippen molar-refractivity contribution in [1.82, 2.24) is 4.90 Å². The van der Waals surface area contributed by atoms with Gasteiger partial charge in [0.2, 0.25) is 0 Å². The maximum Gasteiger partial charge on any atom is 0.0987 e. The van der Waals surface area contributed by atoms with Crippen LogP contribution in [-0.4, -0.2) is 29.3 Å². The Labute approximate surface area is 120 Å². The van der Waals surface area contributed by atoms with Crippen molar-refractivity contribution in [3.05, 3.63) is 42.1 Å². The molecule has 0 unspecified atom stereocenters. The highest BCUT2D eigenvalue weighted by molar-refractivity contribution is 8.15. The minimum atomic E-state index is 0.616. The summed E-state index contributed by atoms with van der Waals surface area (Å²) in [6.07, 6.45) is 3.35. The van der Waals surface area contributed by atoms with Crippen molar-refractivity contribution in [2.24, 2.45) is 10.9 Å². The van der Waals surface area contributed by atoms with Crippen molar-refractivity contribution < 1.29 is 0 Å². The van der Waals surface area contributed by atoms with Gasteiger partial charge in [-0.25, -0.2) is 4.99 Å². The van der Waals surface area contributed by atoms with Crippen molar-refractivity contribution in [3.8, 4) is 0 Å². The van der Waals surface area contributed by atoms with Gasteiger partial charge in [-0.05, 0) is 30.5 Å². The molecule has 2 rings (SSSR count). The van der Waals surface area contributed by atoms with E-state index in [1.807, 2.05) is 30.0 Å². The molecule has 1 atom stereocenters. The second kappa shape index (κ2) is 6.29. The molecule has 2 nitrogen and oxygen atoms in total. The van der Waals surface area contributed by atoms with Crippen LogP contribution in [0.3, 0.4) is 0 Å². The summed E-state index contributed by atoms with van der Waals surface area (Å²) < 4.78 is 0. The largest absolute Gasteiger partial charge is 0.381 e. The molecule has 0 bridgehead atoms. The lowest BCUT2D eigenvalue weighted by Crippen LogP contribution is -2.24. The van der Waals surface area contributed by atoms with Crippen molar-refractivity contribution in [2.45, 2.75) is 25.5 Å². The zero-order valence-electron chi connectivity index (χ0n) is 12.1. The van der Waals surface area contributed by atoms with E-state index >= 15 is 0 Å². The molecule has 0 spiro atoms. The molecule has 0 N–H and O–H groups in total. The third-order valence-corrected chi connectivity index (χ3v) is 4.75. The molecule has 0 aliphatic carbocycles. The average Bonchev–Trinajstić information content (AvgIpc) is 2.39. The smallest absolute Gasteiger partial charge is 0.0987 e.